The molecule has 23 heavy (non-hydrogen) atoms. The van der Waals surface area contributed by atoms with Crippen molar-refractivity contribution in [3.8, 4) is 11.5 Å². The molecule has 0 aliphatic carbocycles. The topological polar surface area (TPSA) is 57.0 Å². The maximum Gasteiger partial charge on any atom is 0.148 e. The van der Waals surface area contributed by atoms with E-state index in [1.165, 1.54) is 0 Å². The minimum absolute atomic E-state index is 0.606. The third-order valence-electron chi connectivity index (χ3n) is 3.98. The first-order valence-corrected chi connectivity index (χ1v) is 8.78. The first-order chi connectivity index (χ1) is 11.3. The van der Waals surface area contributed by atoms with Gasteiger partial charge in [-0.25, -0.2) is 0 Å². The molecule has 0 atom stereocenters. The van der Waals surface area contributed by atoms with Gasteiger partial charge in [-0.15, -0.1) is 0 Å². The van der Waals surface area contributed by atoms with Gasteiger partial charge in [-0.05, 0) is 12.8 Å². The molecule has 1 aromatic carbocycles. The van der Waals surface area contributed by atoms with Crippen LogP contribution in [0.3, 0.4) is 0 Å². The van der Waals surface area contributed by atoms with E-state index in [1.54, 1.807) is 0 Å². The predicted octanol–water partition coefficient (Wildman–Crippen LogP) is 3.46. The van der Waals surface area contributed by atoms with Gasteiger partial charge in [0, 0.05) is 30.9 Å². The van der Waals surface area contributed by atoms with Gasteiger partial charge in [0.1, 0.15) is 17.2 Å². The van der Waals surface area contributed by atoms with Crippen molar-refractivity contribution in [2.24, 2.45) is 0 Å². The zero-order chi connectivity index (χ0) is 16.5. The van der Waals surface area contributed by atoms with Crippen molar-refractivity contribution in [1.82, 2.24) is 0 Å². The third kappa shape index (κ3) is 5.20. The number of hydrogen-bond acceptors (Lipinski definition) is 5. The highest BCUT2D eigenvalue weighted by Crippen LogP contribution is 2.37. The number of nitrogens with two attached hydrogens (primary N) is 1. The maximum absolute atomic E-state index is 6.25. The van der Waals surface area contributed by atoms with Gasteiger partial charge in [0.15, 0.2) is 0 Å². The van der Waals surface area contributed by atoms with E-state index in [1.807, 2.05) is 12.1 Å². The summed E-state index contributed by atoms with van der Waals surface area (Å²) in [4.78, 5) is 2.29. The summed E-state index contributed by atoms with van der Waals surface area (Å²) in [5.41, 5.74) is 7.96. The summed E-state index contributed by atoms with van der Waals surface area (Å²) in [6.07, 6.45) is 4.24. The van der Waals surface area contributed by atoms with Gasteiger partial charge in [-0.2, -0.15) is 0 Å². The molecule has 130 valence electrons. The molecule has 0 saturated carbocycles. The molecular weight excluding hydrogens is 292 g/mol. The fourth-order valence-electron chi connectivity index (χ4n) is 2.48. The molecular formula is C18H30N2O3. The lowest BCUT2D eigenvalue weighted by molar-refractivity contribution is 0.122. The van der Waals surface area contributed by atoms with Crippen molar-refractivity contribution in [2.75, 3.05) is 50.2 Å². The van der Waals surface area contributed by atoms with Gasteiger partial charge in [0.05, 0.1) is 26.4 Å². The van der Waals surface area contributed by atoms with Gasteiger partial charge < -0.3 is 24.8 Å². The average molecular weight is 322 g/mol. The Labute approximate surface area is 139 Å². The van der Waals surface area contributed by atoms with Gasteiger partial charge in [-0.1, -0.05) is 26.7 Å². The fraction of sp³-hybridized carbons (Fsp3) is 0.667. The fourth-order valence-corrected chi connectivity index (χ4v) is 2.48. The lowest BCUT2D eigenvalue weighted by Gasteiger charge is -2.30. The van der Waals surface area contributed by atoms with Crippen LogP contribution in [0.25, 0.3) is 0 Å². The first-order valence-electron chi connectivity index (χ1n) is 8.78. The lowest BCUT2D eigenvalue weighted by atomic mass is 10.2. The number of ether oxygens (including phenoxy) is 3. The van der Waals surface area contributed by atoms with Crippen LogP contribution in [-0.4, -0.2) is 39.5 Å². The van der Waals surface area contributed by atoms with Crippen molar-refractivity contribution in [3.05, 3.63) is 12.1 Å². The Kier molecular flexibility index (Phi) is 7.33. The summed E-state index contributed by atoms with van der Waals surface area (Å²) in [5.74, 6) is 1.46. The molecule has 1 saturated heterocycles. The number of unbranched alkanes of at least 4 members (excludes halogenated alkanes) is 2. The molecule has 1 aliphatic rings. The predicted molar refractivity (Wildman–Crippen MR) is 94.7 cm³/mol. The SMILES string of the molecule is CCCCOc1cc(N2CCOCC2)cc(OCCCC)c1N. The zero-order valence-corrected chi connectivity index (χ0v) is 14.5. The molecule has 0 bridgehead atoms. The Hall–Kier alpha value is -1.62. The summed E-state index contributed by atoms with van der Waals surface area (Å²) >= 11 is 0. The van der Waals surface area contributed by atoms with Crippen molar-refractivity contribution < 1.29 is 14.2 Å². The third-order valence-corrected chi connectivity index (χ3v) is 3.98. The van der Waals surface area contributed by atoms with Crippen molar-refractivity contribution >= 4 is 11.4 Å². The number of anilines is 2. The van der Waals surface area contributed by atoms with Crippen molar-refractivity contribution in [3.63, 3.8) is 0 Å². The second kappa shape index (κ2) is 9.50. The molecule has 1 fully saturated rings. The minimum atomic E-state index is 0.606. The summed E-state index contributed by atoms with van der Waals surface area (Å²) in [5, 5.41) is 0. The molecule has 5 heteroatoms. The molecule has 1 aliphatic heterocycles. The quantitative estimate of drug-likeness (QED) is 0.557. The minimum Gasteiger partial charge on any atom is -0.491 e. The van der Waals surface area contributed by atoms with Gasteiger partial charge in [0.2, 0.25) is 0 Å². The average Bonchev–Trinajstić information content (AvgIpc) is 2.59. The lowest BCUT2D eigenvalue weighted by Crippen LogP contribution is -2.36. The van der Waals surface area contributed by atoms with Crippen LogP contribution in [0, 0.1) is 0 Å². The van der Waals surface area contributed by atoms with E-state index < -0.39 is 0 Å². The first kappa shape index (κ1) is 17.7. The Morgan fingerprint density at radius 2 is 1.52 bits per heavy atom. The molecule has 5 nitrogen and oxygen atoms in total. The van der Waals surface area contributed by atoms with Crippen LogP contribution in [0.5, 0.6) is 11.5 Å². The van der Waals surface area contributed by atoms with E-state index in [9.17, 15) is 0 Å². The summed E-state index contributed by atoms with van der Waals surface area (Å²) in [6.45, 7) is 8.93. The molecule has 2 rings (SSSR count). The maximum atomic E-state index is 6.25. The van der Waals surface area contributed by atoms with Crippen LogP contribution in [0.2, 0.25) is 0 Å². The molecule has 1 heterocycles. The standard InChI is InChI=1S/C18H30N2O3/c1-3-5-9-22-16-13-15(20-7-11-21-12-8-20)14-17(18(16)19)23-10-6-4-2/h13-14H,3-12,19H2,1-2H3. The van der Waals surface area contributed by atoms with Crippen LogP contribution in [0.1, 0.15) is 39.5 Å². The van der Waals surface area contributed by atoms with Crippen molar-refractivity contribution in [1.29, 1.82) is 0 Å². The second-order valence-electron chi connectivity index (χ2n) is 5.86. The van der Waals surface area contributed by atoms with Gasteiger partial charge >= 0.3 is 0 Å². The summed E-state index contributed by atoms with van der Waals surface area (Å²) < 4.78 is 17.2. The summed E-state index contributed by atoms with van der Waals surface area (Å²) in [7, 11) is 0. The molecule has 0 amide bonds. The molecule has 2 N–H and O–H groups in total. The van der Waals surface area contributed by atoms with Crippen LogP contribution in [0.4, 0.5) is 11.4 Å². The van der Waals surface area contributed by atoms with Crippen LogP contribution in [0.15, 0.2) is 12.1 Å². The molecule has 0 unspecified atom stereocenters. The largest absolute Gasteiger partial charge is 0.491 e. The highest BCUT2D eigenvalue weighted by Gasteiger charge is 2.17. The smallest absolute Gasteiger partial charge is 0.148 e. The molecule has 0 radical (unpaired) electrons. The normalized spacial score (nSPS) is 14.8. The number of benzene rings is 1. The van der Waals surface area contributed by atoms with Crippen molar-refractivity contribution in [2.45, 2.75) is 39.5 Å². The van der Waals surface area contributed by atoms with Gasteiger partial charge in [-0.3, -0.25) is 0 Å². The van der Waals surface area contributed by atoms with Crippen LogP contribution < -0.4 is 20.1 Å². The Morgan fingerprint density at radius 3 is 2.00 bits per heavy atom. The number of nitrogen functional groups attached to an aromatic ring is 1. The van der Waals surface area contributed by atoms with E-state index >= 15 is 0 Å². The van der Waals surface area contributed by atoms with E-state index in [-0.39, 0.29) is 0 Å². The molecule has 1 aromatic rings. The Bertz CT molecular complexity index is 442. The Morgan fingerprint density at radius 1 is 1.00 bits per heavy atom. The van der Waals surface area contributed by atoms with E-state index in [4.69, 9.17) is 19.9 Å². The van der Waals surface area contributed by atoms with E-state index in [0.29, 0.717) is 18.9 Å². The highest BCUT2D eigenvalue weighted by molar-refractivity contribution is 5.70. The molecule has 0 aromatic heterocycles. The summed E-state index contributed by atoms with van der Waals surface area (Å²) in [6, 6.07) is 4.06. The number of nitrogens with zero attached hydrogens (tertiary/aromatic N) is 1. The van der Waals surface area contributed by atoms with Crippen LogP contribution >= 0.6 is 0 Å². The highest BCUT2D eigenvalue weighted by atomic mass is 16.5. The van der Waals surface area contributed by atoms with Gasteiger partial charge in [0.25, 0.3) is 0 Å². The monoisotopic (exact) mass is 322 g/mol. The second-order valence-corrected chi connectivity index (χ2v) is 5.86. The molecule has 0 spiro atoms. The van der Waals surface area contributed by atoms with E-state index in [2.05, 4.69) is 18.7 Å². The number of morpholine rings is 1. The van der Waals surface area contributed by atoms with E-state index in [0.717, 1.165) is 69.2 Å². The zero-order valence-electron chi connectivity index (χ0n) is 14.5. The Balaban J connectivity index is 2.18. The number of hydrogen-bond donors (Lipinski definition) is 1. The van der Waals surface area contributed by atoms with Crippen LogP contribution in [-0.2, 0) is 4.74 Å². The number of rotatable bonds is 9.